The van der Waals surface area contributed by atoms with Crippen molar-refractivity contribution in [2.24, 2.45) is 10.8 Å². The first kappa shape index (κ1) is 43.7. The Labute approximate surface area is 385 Å². The zero-order valence-electron chi connectivity index (χ0n) is 36.8. The van der Waals surface area contributed by atoms with Crippen LogP contribution < -0.4 is 30.9 Å². The molecule has 5 saturated heterocycles. The van der Waals surface area contributed by atoms with Gasteiger partial charge in [-0.1, -0.05) is 23.7 Å². The van der Waals surface area contributed by atoms with E-state index in [4.69, 9.17) is 27.1 Å². The summed E-state index contributed by atoms with van der Waals surface area (Å²) in [6.45, 7) is 7.20. The predicted octanol–water partition coefficient (Wildman–Crippen LogP) is 7.76. The van der Waals surface area contributed by atoms with E-state index in [9.17, 15) is 22.8 Å². The molecular formula is C48H55ClF4N10O3. The zero-order valence-corrected chi connectivity index (χ0v) is 37.6. The molecule has 3 amide bonds. The highest BCUT2D eigenvalue weighted by Gasteiger charge is 2.51. The van der Waals surface area contributed by atoms with Crippen LogP contribution in [0.4, 0.5) is 39.5 Å². The Bertz CT molecular complexity index is 2520. The maximum atomic E-state index is 16.7. The quantitative estimate of drug-likeness (QED) is 0.106. The number of carbonyl (C=O) groups excluding carboxylic acids is 2. The summed E-state index contributed by atoms with van der Waals surface area (Å²) < 4.78 is 66.1. The lowest BCUT2D eigenvalue weighted by molar-refractivity contribution is -0.137. The van der Waals surface area contributed by atoms with Gasteiger partial charge >= 0.3 is 18.2 Å². The minimum absolute atomic E-state index is 0.00427. The number of nitrogens with zero attached hydrogens (tertiary/aromatic N) is 7. The van der Waals surface area contributed by atoms with E-state index < -0.39 is 33.8 Å². The van der Waals surface area contributed by atoms with E-state index in [0.29, 0.717) is 61.2 Å². The molecular weight excluding hydrogens is 876 g/mol. The van der Waals surface area contributed by atoms with E-state index in [1.807, 2.05) is 12.1 Å². The van der Waals surface area contributed by atoms with Crippen LogP contribution in [0, 0.1) is 16.6 Å². The summed E-state index contributed by atoms with van der Waals surface area (Å²) >= 11 is 6.06. The first-order valence-electron chi connectivity index (χ1n) is 23.5. The molecule has 4 N–H and O–H groups in total. The van der Waals surface area contributed by atoms with Crippen molar-refractivity contribution < 1.29 is 31.9 Å². The van der Waals surface area contributed by atoms with Gasteiger partial charge in [-0.05, 0) is 132 Å². The van der Waals surface area contributed by atoms with Gasteiger partial charge in [0.15, 0.2) is 5.82 Å². The molecule has 5 aliphatic heterocycles. The smallest absolute Gasteiger partial charge is 0.418 e. The number of alkyl halides is 3. The topological polar surface area (TPSA) is 145 Å². The number of nitrogen functional groups attached to an aromatic ring is 1. The van der Waals surface area contributed by atoms with Gasteiger partial charge in [0.1, 0.15) is 17.0 Å². The van der Waals surface area contributed by atoms with Crippen molar-refractivity contribution in [2.75, 3.05) is 74.5 Å². The van der Waals surface area contributed by atoms with E-state index in [0.717, 1.165) is 89.1 Å². The summed E-state index contributed by atoms with van der Waals surface area (Å²) in [5.74, 6) is -0.290. The molecule has 18 heteroatoms. The van der Waals surface area contributed by atoms with E-state index >= 15 is 4.39 Å². The van der Waals surface area contributed by atoms with Crippen LogP contribution in [0.3, 0.4) is 0 Å². The van der Waals surface area contributed by atoms with E-state index in [1.165, 1.54) is 37.4 Å². The van der Waals surface area contributed by atoms with Crippen molar-refractivity contribution >= 4 is 51.6 Å². The van der Waals surface area contributed by atoms with E-state index in [2.05, 4.69) is 47.4 Å². The van der Waals surface area contributed by atoms with Crippen molar-refractivity contribution in [2.45, 2.75) is 101 Å². The van der Waals surface area contributed by atoms with Crippen LogP contribution in [0.15, 0.2) is 42.6 Å². The Morgan fingerprint density at radius 1 is 0.909 bits per heavy atom. The lowest BCUT2D eigenvalue weighted by Crippen LogP contribution is -2.56. The number of pyridine rings is 1. The fraction of sp³-hybridized carbons (Fsp3) is 0.562. The third-order valence-electron chi connectivity index (χ3n) is 15.9. The molecule has 7 fully saturated rings. The summed E-state index contributed by atoms with van der Waals surface area (Å²) in [5, 5.41) is 5.67. The van der Waals surface area contributed by atoms with Crippen LogP contribution in [0.25, 0.3) is 22.2 Å². The average Bonchev–Trinajstić information content (AvgIpc) is 3.97. The summed E-state index contributed by atoms with van der Waals surface area (Å²) in [6, 6.07) is 11.1. The number of urea groups is 1. The van der Waals surface area contributed by atoms with Crippen molar-refractivity contribution in [1.82, 2.24) is 35.4 Å². The molecule has 0 radical (unpaired) electrons. The highest BCUT2D eigenvalue weighted by molar-refractivity contribution is 6.32. The molecule has 4 aromatic rings. The first-order chi connectivity index (χ1) is 31.7. The standard InChI is InChI=1S/C48H55ClF4N10O3/c49-37-20-30(54)19-35(39(37)48(51,52)53)41-40(50)42-36(23-55-41)43(62-24-31-3-4-32(25-62)56-31)59-44(58-42)66-27-47(10-11-47)26-60-17-12-46(13-18-60)21-34(22-46)61-14-7-29(8-15-61)28-1-5-33(6-2-28)63-16-9-38(64)57-45(63)65/h1-2,5-6,19-20,23,29,31-32,34,56H,3-4,7-18,21-22,24-27,54H2,(H,57,64,65). The van der Waals surface area contributed by atoms with Gasteiger partial charge in [-0.15, -0.1) is 0 Å². The molecule has 2 atom stereocenters. The van der Waals surface area contributed by atoms with Crippen LogP contribution >= 0.6 is 11.6 Å². The molecule has 7 heterocycles. The predicted molar refractivity (Wildman–Crippen MR) is 243 cm³/mol. The summed E-state index contributed by atoms with van der Waals surface area (Å²) in [6.07, 6.45) is 7.88. The summed E-state index contributed by atoms with van der Waals surface area (Å²) in [7, 11) is 0. The molecule has 7 aliphatic rings. The molecule has 2 aromatic heterocycles. The average molecular weight is 931 g/mol. The molecule has 350 valence electrons. The summed E-state index contributed by atoms with van der Waals surface area (Å²) in [4.78, 5) is 46.5. The normalized spacial score (nSPS) is 24.8. The number of nitrogens with one attached hydrogen (secondary N) is 2. The van der Waals surface area contributed by atoms with Crippen molar-refractivity contribution in [1.29, 1.82) is 0 Å². The van der Waals surface area contributed by atoms with Gasteiger partial charge < -0.3 is 30.5 Å². The number of benzene rings is 2. The van der Waals surface area contributed by atoms with Crippen LogP contribution in [0.5, 0.6) is 6.01 Å². The molecule has 2 aliphatic carbocycles. The van der Waals surface area contributed by atoms with Crippen LogP contribution in [0.1, 0.15) is 87.7 Å². The maximum absolute atomic E-state index is 16.7. The lowest BCUT2D eigenvalue weighted by atomic mass is 9.59. The number of piperazine rings is 1. The number of likely N-dealkylation sites (tertiary alicyclic amines) is 2. The number of rotatable bonds is 10. The molecule has 2 bridgehead atoms. The number of halogens is 5. The largest absolute Gasteiger partial charge is 0.463 e. The minimum Gasteiger partial charge on any atom is -0.463 e. The third kappa shape index (κ3) is 8.42. The van der Waals surface area contributed by atoms with E-state index in [-0.39, 0.29) is 46.7 Å². The monoisotopic (exact) mass is 930 g/mol. The van der Waals surface area contributed by atoms with Gasteiger partial charge in [-0.3, -0.25) is 20.0 Å². The molecule has 11 rings (SSSR count). The van der Waals surface area contributed by atoms with Gasteiger partial charge in [-0.2, -0.15) is 23.1 Å². The van der Waals surface area contributed by atoms with Gasteiger partial charge in [0.25, 0.3) is 0 Å². The number of ether oxygens (including phenoxy) is 1. The Morgan fingerprint density at radius 3 is 2.29 bits per heavy atom. The number of piperidine rings is 2. The summed E-state index contributed by atoms with van der Waals surface area (Å²) in [5.41, 5.74) is 5.85. The molecule has 13 nitrogen and oxygen atoms in total. The number of hydrogen-bond acceptors (Lipinski definition) is 11. The number of carbonyl (C=O) groups is 2. The number of nitrogens with two attached hydrogens (primary N) is 1. The van der Waals surface area contributed by atoms with Gasteiger partial charge in [0.2, 0.25) is 5.91 Å². The Balaban J connectivity index is 0.716. The van der Waals surface area contributed by atoms with Crippen molar-refractivity contribution in [3.63, 3.8) is 0 Å². The Hall–Kier alpha value is -4.84. The fourth-order valence-electron chi connectivity index (χ4n) is 11.9. The third-order valence-corrected chi connectivity index (χ3v) is 16.2. The molecule has 2 unspecified atom stereocenters. The second-order valence-electron chi connectivity index (χ2n) is 20.3. The van der Waals surface area contributed by atoms with Crippen LogP contribution in [0.2, 0.25) is 5.02 Å². The lowest BCUT2D eigenvalue weighted by Gasteiger charge is -2.56. The van der Waals surface area contributed by atoms with E-state index in [1.54, 1.807) is 4.90 Å². The number of fused-ring (bicyclic) bond motifs is 3. The van der Waals surface area contributed by atoms with Crippen LogP contribution in [-0.4, -0.2) is 114 Å². The maximum Gasteiger partial charge on any atom is 0.418 e. The first-order valence-corrected chi connectivity index (χ1v) is 23.9. The number of anilines is 3. The number of amides is 3. The van der Waals surface area contributed by atoms with Gasteiger partial charge in [0, 0.05) is 79.3 Å². The van der Waals surface area contributed by atoms with Gasteiger partial charge in [0.05, 0.1) is 22.6 Å². The number of aromatic nitrogens is 3. The van der Waals surface area contributed by atoms with Crippen molar-refractivity contribution in [3.8, 4) is 17.3 Å². The highest BCUT2D eigenvalue weighted by atomic mass is 35.5. The second kappa shape index (κ2) is 16.7. The highest BCUT2D eigenvalue weighted by Crippen LogP contribution is 2.53. The minimum atomic E-state index is -4.89. The van der Waals surface area contributed by atoms with Crippen LogP contribution in [-0.2, 0) is 11.0 Å². The second-order valence-corrected chi connectivity index (χ2v) is 20.7. The molecule has 1 spiro atoms. The number of imide groups is 1. The number of hydrogen-bond donors (Lipinski definition) is 3. The molecule has 66 heavy (non-hydrogen) atoms. The SMILES string of the molecule is Nc1cc(Cl)c(C(F)(F)F)c(-c2ncc3c(N4CC5CCC(C4)N5)nc(OCC4(CN5CCC6(CC5)CC(N5CCC(c7ccc(N8CCC(=O)NC8=O)cc7)CC5)C6)CC4)nc3c2F)c1. The Morgan fingerprint density at radius 2 is 1.62 bits per heavy atom. The molecule has 2 saturated carbocycles. The fourth-order valence-corrected chi connectivity index (χ4v) is 12.3. The van der Waals surface area contributed by atoms with Crippen molar-refractivity contribution in [3.05, 3.63) is 64.6 Å². The zero-order chi connectivity index (χ0) is 45.5. The van der Waals surface area contributed by atoms with Gasteiger partial charge in [-0.25, -0.2) is 9.18 Å². The Kier molecular flexibility index (Phi) is 11.1. The molecule has 2 aromatic carbocycles.